The number of methoxy groups -OCH3 is 1. The number of rotatable bonds is 7. The predicted molar refractivity (Wildman–Crippen MR) is 130 cm³/mol. The third-order valence-corrected chi connectivity index (χ3v) is 6.94. The summed E-state index contributed by atoms with van der Waals surface area (Å²) in [7, 11) is 3.60. The number of hydrogen-bond donors (Lipinski definition) is 2. The van der Waals surface area contributed by atoms with E-state index in [-0.39, 0.29) is 11.9 Å². The van der Waals surface area contributed by atoms with E-state index < -0.39 is 0 Å². The molecule has 0 spiro atoms. The second kappa shape index (κ2) is 10.1. The molecular formula is C27H37N3O2. The van der Waals surface area contributed by atoms with Crippen LogP contribution in [-0.2, 0) is 17.8 Å². The van der Waals surface area contributed by atoms with Crippen LogP contribution in [0, 0.1) is 5.92 Å². The molecule has 0 bridgehead atoms. The van der Waals surface area contributed by atoms with Crippen molar-refractivity contribution in [1.82, 2.24) is 10.6 Å². The third-order valence-electron chi connectivity index (χ3n) is 6.94. The summed E-state index contributed by atoms with van der Waals surface area (Å²) < 4.78 is 5.73. The Morgan fingerprint density at radius 1 is 1.16 bits per heavy atom. The van der Waals surface area contributed by atoms with Crippen molar-refractivity contribution in [2.45, 2.75) is 70.6 Å². The van der Waals surface area contributed by atoms with Crippen LogP contribution in [-0.4, -0.2) is 32.1 Å². The van der Waals surface area contributed by atoms with Crippen molar-refractivity contribution >= 4 is 11.6 Å². The van der Waals surface area contributed by atoms with Crippen LogP contribution in [0.25, 0.3) is 0 Å². The molecule has 0 aromatic heterocycles. The van der Waals surface area contributed by atoms with Crippen LogP contribution in [0.15, 0.2) is 42.5 Å². The summed E-state index contributed by atoms with van der Waals surface area (Å²) in [6.45, 7) is 5.31. The van der Waals surface area contributed by atoms with Crippen molar-refractivity contribution in [3.05, 3.63) is 59.2 Å². The van der Waals surface area contributed by atoms with Crippen molar-refractivity contribution in [3.8, 4) is 5.75 Å². The Morgan fingerprint density at radius 2 is 1.94 bits per heavy atom. The Hall–Kier alpha value is -2.37. The van der Waals surface area contributed by atoms with E-state index in [2.05, 4.69) is 66.9 Å². The normalized spacial score (nSPS) is 23.3. The average Bonchev–Trinajstić information content (AvgIpc) is 2.80. The van der Waals surface area contributed by atoms with Crippen LogP contribution in [0.2, 0.25) is 0 Å². The molecule has 3 unspecified atom stereocenters. The lowest BCUT2D eigenvalue weighted by Gasteiger charge is -2.39. The first-order valence-corrected chi connectivity index (χ1v) is 12.0. The van der Waals surface area contributed by atoms with Gasteiger partial charge in [-0.2, -0.15) is 0 Å². The fourth-order valence-corrected chi connectivity index (χ4v) is 5.24. The number of carbonyl (C=O) groups excluding carboxylic acids is 1. The van der Waals surface area contributed by atoms with Gasteiger partial charge in [-0.05, 0) is 54.9 Å². The lowest BCUT2D eigenvalue weighted by Crippen LogP contribution is -2.50. The second-order valence-electron chi connectivity index (χ2n) is 9.69. The summed E-state index contributed by atoms with van der Waals surface area (Å²) in [5.41, 5.74) is 4.63. The molecule has 2 aliphatic rings. The number of fused-ring (bicyclic) bond motifs is 1. The Bertz CT molecular complexity index is 928. The summed E-state index contributed by atoms with van der Waals surface area (Å²) >= 11 is 0. The summed E-state index contributed by atoms with van der Waals surface area (Å²) in [6.07, 6.45) is 4.86. The van der Waals surface area contributed by atoms with Gasteiger partial charge in [-0.3, -0.25) is 4.79 Å². The van der Waals surface area contributed by atoms with Crippen molar-refractivity contribution in [1.29, 1.82) is 0 Å². The fraction of sp³-hybridized carbons (Fsp3) is 0.519. The maximum atomic E-state index is 12.2. The number of benzene rings is 2. The number of hydrogen-bond acceptors (Lipinski definition) is 4. The smallest absolute Gasteiger partial charge is 0.227 e. The highest BCUT2D eigenvalue weighted by Crippen LogP contribution is 2.34. The molecule has 5 nitrogen and oxygen atoms in total. The molecule has 2 aliphatic heterocycles. The molecular weight excluding hydrogens is 398 g/mol. The Labute approximate surface area is 192 Å². The van der Waals surface area contributed by atoms with E-state index in [0.29, 0.717) is 31.0 Å². The zero-order valence-corrected chi connectivity index (χ0v) is 19.9. The quantitative estimate of drug-likeness (QED) is 0.667. The van der Waals surface area contributed by atoms with Gasteiger partial charge in [0.1, 0.15) is 5.75 Å². The standard InChI is InChI=1S/C27H37N3O2/c1-18(2)14-22-11-12-23(27(29-22)19-8-6-5-7-9-19)28-17-21-15-24-20(16-25(21)32-4)10-13-26(31)30(24)3/h5-9,15-16,18,22-23,27-29H,10-14,17H2,1-4H3. The molecule has 1 saturated heterocycles. The van der Waals surface area contributed by atoms with E-state index in [0.717, 1.165) is 29.8 Å². The van der Waals surface area contributed by atoms with E-state index in [9.17, 15) is 4.79 Å². The van der Waals surface area contributed by atoms with Crippen LogP contribution in [0.4, 0.5) is 5.69 Å². The molecule has 2 N–H and O–H groups in total. The number of aryl methyl sites for hydroxylation is 1. The predicted octanol–water partition coefficient (Wildman–Crippen LogP) is 4.60. The Balaban J connectivity index is 1.53. The van der Waals surface area contributed by atoms with Gasteiger partial charge >= 0.3 is 0 Å². The summed E-state index contributed by atoms with van der Waals surface area (Å²) in [5.74, 6) is 1.77. The van der Waals surface area contributed by atoms with Gasteiger partial charge in [0.05, 0.1) is 7.11 Å². The van der Waals surface area contributed by atoms with Crippen molar-refractivity contribution in [2.75, 3.05) is 19.1 Å². The van der Waals surface area contributed by atoms with E-state index in [1.807, 2.05) is 7.05 Å². The van der Waals surface area contributed by atoms with Gasteiger partial charge in [0, 0.05) is 49.4 Å². The zero-order valence-electron chi connectivity index (χ0n) is 19.9. The van der Waals surface area contributed by atoms with Crippen LogP contribution >= 0.6 is 0 Å². The molecule has 0 aliphatic carbocycles. The number of nitrogens with one attached hydrogen (secondary N) is 2. The Morgan fingerprint density at radius 3 is 2.66 bits per heavy atom. The molecule has 3 atom stereocenters. The van der Waals surface area contributed by atoms with E-state index in [1.165, 1.54) is 24.0 Å². The van der Waals surface area contributed by atoms with Gasteiger partial charge in [-0.15, -0.1) is 0 Å². The largest absolute Gasteiger partial charge is 0.496 e. The van der Waals surface area contributed by atoms with Gasteiger partial charge in [0.15, 0.2) is 0 Å². The van der Waals surface area contributed by atoms with E-state index in [4.69, 9.17) is 4.74 Å². The first kappa shape index (κ1) is 22.8. The fourth-order valence-electron chi connectivity index (χ4n) is 5.24. The first-order valence-electron chi connectivity index (χ1n) is 12.0. The van der Waals surface area contributed by atoms with Crippen LogP contribution in [0.3, 0.4) is 0 Å². The summed E-state index contributed by atoms with van der Waals surface area (Å²) in [6, 6.07) is 16.2. The molecule has 1 fully saturated rings. The number of amides is 1. The summed E-state index contributed by atoms with van der Waals surface area (Å²) in [5, 5.41) is 7.75. The van der Waals surface area contributed by atoms with Crippen molar-refractivity contribution < 1.29 is 9.53 Å². The van der Waals surface area contributed by atoms with Crippen molar-refractivity contribution in [2.24, 2.45) is 5.92 Å². The lowest BCUT2D eigenvalue weighted by atomic mass is 9.86. The molecule has 2 aromatic carbocycles. The number of ether oxygens (including phenoxy) is 1. The molecule has 2 heterocycles. The number of piperidine rings is 1. The monoisotopic (exact) mass is 435 g/mol. The highest BCUT2D eigenvalue weighted by Gasteiger charge is 2.31. The molecule has 5 heteroatoms. The highest BCUT2D eigenvalue weighted by atomic mass is 16.5. The number of carbonyl (C=O) groups is 1. The molecule has 1 amide bonds. The minimum Gasteiger partial charge on any atom is -0.496 e. The van der Waals surface area contributed by atoms with Gasteiger partial charge < -0.3 is 20.3 Å². The molecule has 4 rings (SSSR count). The Kier molecular flexibility index (Phi) is 7.17. The van der Waals surface area contributed by atoms with Crippen LogP contribution in [0.1, 0.15) is 62.3 Å². The van der Waals surface area contributed by atoms with E-state index >= 15 is 0 Å². The van der Waals surface area contributed by atoms with Crippen molar-refractivity contribution in [3.63, 3.8) is 0 Å². The topological polar surface area (TPSA) is 53.6 Å². The van der Waals surface area contributed by atoms with Crippen LogP contribution < -0.4 is 20.3 Å². The number of anilines is 1. The highest BCUT2D eigenvalue weighted by molar-refractivity contribution is 5.96. The van der Waals surface area contributed by atoms with Crippen LogP contribution in [0.5, 0.6) is 5.75 Å². The maximum absolute atomic E-state index is 12.2. The van der Waals surface area contributed by atoms with E-state index in [1.54, 1.807) is 12.0 Å². The zero-order chi connectivity index (χ0) is 22.7. The summed E-state index contributed by atoms with van der Waals surface area (Å²) in [4.78, 5) is 14.0. The van der Waals surface area contributed by atoms with Gasteiger partial charge in [0.2, 0.25) is 5.91 Å². The van der Waals surface area contributed by atoms with Gasteiger partial charge in [0.25, 0.3) is 0 Å². The second-order valence-corrected chi connectivity index (χ2v) is 9.69. The van der Waals surface area contributed by atoms with Gasteiger partial charge in [-0.1, -0.05) is 44.2 Å². The molecule has 2 aromatic rings. The number of nitrogens with zero attached hydrogens (tertiary/aromatic N) is 1. The SMILES string of the molecule is COc1cc2c(cc1CNC1CCC(CC(C)C)NC1c1ccccc1)N(C)C(=O)CC2. The first-order chi connectivity index (χ1) is 15.5. The maximum Gasteiger partial charge on any atom is 0.227 e. The minimum atomic E-state index is 0.179. The molecule has 32 heavy (non-hydrogen) atoms. The average molecular weight is 436 g/mol. The molecule has 0 radical (unpaired) electrons. The third kappa shape index (κ3) is 5.00. The lowest BCUT2D eigenvalue weighted by molar-refractivity contribution is -0.118. The molecule has 172 valence electrons. The molecule has 0 saturated carbocycles. The van der Waals surface area contributed by atoms with Gasteiger partial charge in [-0.25, -0.2) is 0 Å². The minimum absolute atomic E-state index is 0.179.